The minimum atomic E-state index is 0.527. The number of nitrogens with one attached hydrogen (secondary N) is 1. The zero-order valence-corrected chi connectivity index (χ0v) is 10.1. The second-order valence-electron chi connectivity index (χ2n) is 4.25. The van der Waals surface area contributed by atoms with E-state index in [4.69, 9.17) is 0 Å². The van der Waals surface area contributed by atoms with Crippen LogP contribution in [0.1, 0.15) is 6.92 Å². The van der Waals surface area contributed by atoms with Gasteiger partial charge in [-0.25, -0.2) is 0 Å². The summed E-state index contributed by atoms with van der Waals surface area (Å²) >= 11 is 1.60. The summed E-state index contributed by atoms with van der Waals surface area (Å²) in [6, 6.07) is 9.00. The minimum Gasteiger partial charge on any atom is -0.350 e. The van der Waals surface area contributed by atoms with E-state index < -0.39 is 0 Å². The third-order valence-corrected chi connectivity index (χ3v) is 3.95. The number of fused-ring (bicyclic) bond motifs is 1. The van der Waals surface area contributed by atoms with E-state index in [1.54, 1.807) is 11.5 Å². The molecule has 0 unspecified atom stereocenters. The Morgan fingerprint density at radius 2 is 2.31 bits per heavy atom. The van der Waals surface area contributed by atoms with Gasteiger partial charge < -0.3 is 10.2 Å². The first-order chi connectivity index (χ1) is 7.86. The second kappa shape index (κ2) is 4.03. The van der Waals surface area contributed by atoms with Crippen LogP contribution in [0.2, 0.25) is 0 Å². The van der Waals surface area contributed by atoms with Crippen molar-refractivity contribution in [1.82, 2.24) is 9.69 Å². The molecule has 1 aliphatic rings. The van der Waals surface area contributed by atoms with Gasteiger partial charge in [0.1, 0.15) is 5.82 Å². The highest BCUT2D eigenvalue weighted by molar-refractivity contribution is 7.13. The van der Waals surface area contributed by atoms with Gasteiger partial charge in [-0.05, 0) is 30.6 Å². The molecule has 2 aromatic rings. The first-order valence-corrected chi connectivity index (χ1v) is 6.45. The maximum atomic E-state index is 4.61. The smallest absolute Gasteiger partial charge is 0.150 e. The van der Waals surface area contributed by atoms with Crippen LogP contribution in [0.25, 0.3) is 10.1 Å². The molecule has 3 rings (SSSR count). The molecular weight excluding hydrogens is 218 g/mol. The van der Waals surface area contributed by atoms with E-state index in [2.05, 4.69) is 45.8 Å². The number of hydrogen-bond donors (Lipinski definition) is 1. The van der Waals surface area contributed by atoms with Crippen molar-refractivity contribution in [2.75, 3.05) is 24.5 Å². The minimum absolute atomic E-state index is 0.527. The number of benzene rings is 1. The molecular formula is C12H15N3S. The zero-order valence-electron chi connectivity index (χ0n) is 9.31. The van der Waals surface area contributed by atoms with Crippen molar-refractivity contribution < 1.29 is 0 Å². The van der Waals surface area contributed by atoms with E-state index in [0.29, 0.717) is 6.04 Å². The molecule has 0 bridgehead atoms. The van der Waals surface area contributed by atoms with Gasteiger partial charge in [0, 0.05) is 31.1 Å². The number of piperazine rings is 1. The van der Waals surface area contributed by atoms with E-state index in [9.17, 15) is 0 Å². The van der Waals surface area contributed by atoms with Gasteiger partial charge in [-0.15, -0.1) is 0 Å². The van der Waals surface area contributed by atoms with Crippen LogP contribution < -0.4 is 10.2 Å². The Labute approximate surface area is 99.2 Å². The number of aromatic nitrogens is 1. The summed E-state index contributed by atoms with van der Waals surface area (Å²) < 4.78 is 5.89. The van der Waals surface area contributed by atoms with Crippen molar-refractivity contribution >= 4 is 27.4 Å². The lowest BCUT2D eigenvalue weighted by atomic mass is 10.2. The molecule has 0 saturated carbocycles. The lowest BCUT2D eigenvalue weighted by molar-refractivity contribution is 0.499. The highest BCUT2D eigenvalue weighted by atomic mass is 32.1. The molecule has 1 atom stereocenters. The summed E-state index contributed by atoms with van der Waals surface area (Å²) in [5.41, 5.74) is 0. The predicted molar refractivity (Wildman–Crippen MR) is 69.3 cm³/mol. The maximum absolute atomic E-state index is 4.61. The number of nitrogens with zero attached hydrogens (tertiary/aromatic N) is 2. The van der Waals surface area contributed by atoms with Crippen LogP contribution in [0.3, 0.4) is 0 Å². The van der Waals surface area contributed by atoms with Gasteiger partial charge in [-0.1, -0.05) is 12.1 Å². The first-order valence-electron chi connectivity index (χ1n) is 5.68. The Hall–Kier alpha value is -1.13. The van der Waals surface area contributed by atoms with Gasteiger partial charge in [-0.2, -0.15) is 4.37 Å². The van der Waals surface area contributed by atoms with E-state index in [0.717, 1.165) is 25.5 Å². The van der Waals surface area contributed by atoms with E-state index in [1.165, 1.54) is 10.1 Å². The third-order valence-electron chi connectivity index (χ3n) is 3.13. The first kappa shape index (κ1) is 10.1. The number of hydrogen-bond acceptors (Lipinski definition) is 4. The van der Waals surface area contributed by atoms with Crippen molar-refractivity contribution in [1.29, 1.82) is 0 Å². The predicted octanol–water partition coefficient (Wildman–Crippen LogP) is 2.09. The number of anilines is 1. The Morgan fingerprint density at radius 3 is 3.19 bits per heavy atom. The highest BCUT2D eigenvalue weighted by Crippen LogP contribution is 2.30. The van der Waals surface area contributed by atoms with Crippen molar-refractivity contribution in [3.63, 3.8) is 0 Å². The van der Waals surface area contributed by atoms with Crippen molar-refractivity contribution in [2.45, 2.75) is 13.0 Å². The number of rotatable bonds is 1. The molecule has 1 N–H and O–H groups in total. The van der Waals surface area contributed by atoms with Crippen LogP contribution in [0.5, 0.6) is 0 Å². The molecule has 84 valence electrons. The lowest BCUT2D eigenvalue weighted by Crippen LogP contribution is -2.50. The van der Waals surface area contributed by atoms with Crippen LogP contribution >= 0.6 is 11.5 Å². The normalized spacial score (nSPS) is 21.6. The fourth-order valence-electron chi connectivity index (χ4n) is 2.24. The quantitative estimate of drug-likeness (QED) is 0.817. The van der Waals surface area contributed by atoms with Crippen molar-refractivity contribution in [3.8, 4) is 0 Å². The second-order valence-corrected chi connectivity index (χ2v) is 5.05. The largest absolute Gasteiger partial charge is 0.350 e. The summed E-state index contributed by atoms with van der Waals surface area (Å²) in [7, 11) is 0. The fraction of sp³-hybridized carbons (Fsp3) is 0.417. The maximum Gasteiger partial charge on any atom is 0.150 e. The fourth-order valence-corrected chi connectivity index (χ4v) is 3.02. The van der Waals surface area contributed by atoms with E-state index >= 15 is 0 Å². The Morgan fingerprint density at radius 1 is 1.44 bits per heavy atom. The molecule has 0 radical (unpaired) electrons. The highest BCUT2D eigenvalue weighted by Gasteiger charge is 2.21. The van der Waals surface area contributed by atoms with Gasteiger partial charge in [-0.3, -0.25) is 0 Å². The summed E-state index contributed by atoms with van der Waals surface area (Å²) in [4.78, 5) is 2.41. The summed E-state index contributed by atoms with van der Waals surface area (Å²) in [5.74, 6) is 1.16. The summed E-state index contributed by atoms with van der Waals surface area (Å²) in [6.45, 7) is 5.40. The molecule has 0 spiro atoms. The molecule has 4 heteroatoms. The summed E-state index contributed by atoms with van der Waals surface area (Å²) in [5, 5.41) is 4.70. The molecule has 2 heterocycles. The Balaban J connectivity index is 2.04. The SMILES string of the molecule is C[C@@H]1CNCCN1c1nsc2ccccc12. The van der Waals surface area contributed by atoms with Gasteiger partial charge >= 0.3 is 0 Å². The average molecular weight is 233 g/mol. The molecule has 0 aliphatic carbocycles. The van der Waals surface area contributed by atoms with Gasteiger partial charge in [0.2, 0.25) is 0 Å². The zero-order chi connectivity index (χ0) is 11.0. The van der Waals surface area contributed by atoms with Crippen LogP contribution in [0.15, 0.2) is 24.3 Å². The topological polar surface area (TPSA) is 28.2 Å². The Kier molecular flexibility index (Phi) is 2.53. The molecule has 0 amide bonds. The van der Waals surface area contributed by atoms with E-state index in [1.807, 2.05) is 0 Å². The third kappa shape index (κ3) is 1.58. The molecule has 1 aromatic heterocycles. The van der Waals surface area contributed by atoms with Crippen LogP contribution in [-0.2, 0) is 0 Å². The molecule has 1 aromatic carbocycles. The molecule has 1 aliphatic heterocycles. The molecule has 1 saturated heterocycles. The standard InChI is InChI=1S/C12H15N3S/c1-9-8-13-6-7-15(9)12-10-4-2-3-5-11(10)16-14-12/h2-5,9,13H,6-8H2,1H3/t9-/m1/s1. The van der Waals surface area contributed by atoms with Crippen LogP contribution in [0, 0.1) is 0 Å². The van der Waals surface area contributed by atoms with Crippen molar-refractivity contribution in [2.24, 2.45) is 0 Å². The summed E-state index contributed by atoms with van der Waals surface area (Å²) in [6.07, 6.45) is 0. The molecule has 3 nitrogen and oxygen atoms in total. The van der Waals surface area contributed by atoms with Gasteiger partial charge in [0.15, 0.2) is 0 Å². The van der Waals surface area contributed by atoms with Gasteiger partial charge in [0.25, 0.3) is 0 Å². The van der Waals surface area contributed by atoms with E-state index in [-0.39, 0.29) is 0 Å². The molecule has 1 fully saturated rings. The van der Waals surface area contributed by atoms with Crippen molar-refractivity contribution in [3.05, 3.63) is 24.3 Å². The lowest BCUT2D eigenvalue weighted by Gasteiger charge is -2.34. The molecule has 16 heavy (non-hydrogen) atoms. The van der Waals surface area contributed by atoms with Gasteiger partial charge in [0.05, 0.1) is 4.70 Å². The van der Waals surface area contributed by atoms with Crippen LogP contribution in [0.4, 0.5) is 5.82 Å². The average Bonchev–Trinajstić information content (AvgIpc) is 2.74. The Bertz CT molecular complexity index is 494. The van der Waals surface area contributed by atoms with Crippen LogP contribution in [-0.4, -0.2) is 30.0 Å². The monoisotopic (exact) mass is 233 g/mol.